The average molecular weight is 379 g/mol. The van der Waals surface area contributed by atoms with Crippen molar-refractivity contribution in [3.8, 4) is 0 Å². The molecule has 1 rings (SSSR count). The number of carbonyl (C=O) groups excluding carboxylic acids is 2. The van der Waals surface area contributed by atoms with Crippen LogP contribution in [0.1, 0.15) is 72.6 Å². The summed E-state index contributed by atoms with van der Waals surface area (Å²) >= 11 is 0. The second-order valence-electron chi connectivity index (χ2n) is 8.64. The van der Waals surface area contributed by atoms with Crippen molar-refractivity contribution >= 4 is 17.9 Å². The highest BCUT2D eigenvalue weighted by molar-refractivity contribution is 5.86. The van der Waals surface area contributed by atoms with Gasteiger partial charge in [-0.25, -0.2) is 9.59 Å². The van der Waals surface area contributed by atoms with E-state index < -0.39 is 17.3 Å². The van der Waals surface area contributed by atoms with Crippen LogP contribution in [0.15, 0.2) is 18.2 Å². The average Bonchev–Trinajstić information content (AvgIpc) is 2.46. The van der Waals surface area contributed by atoms with Crippen molar-refractivity contribution in [1.82, 2.24) is 4.90 Å². The maximum absolute atomic E-state index is 12.5. The van der Waals surface area contributed by atoms with E-state index in [0.717, 1.165) is 11.1 Å². The minimum Gasteiger partial charge on any atom is -0.444 e. The van der Waals surface area contributed by atoms with Crippen molar-refractivity contribution < 1.29 is 19.1 Å². The first-order chi connectivity index (χ1) is 12.2. The first kappa shape index (κ1) is 22.8. The molecule has 0 bridgehead atoms. The molecule has 0 saturated heterocycles. The van der Waals surface area contributed by atoms with E-state index in [0.29, 0.717) is 12.2 Å². The summed E-state index contributed by atoms with van der Waals surface area (Å²) in [4.78, 5) is 26.3. The third kappa shape index (κ3) is 7.49. The molecule has 1 N–H and O–H groups in total. The normalized spacial score (nSPS) is 12.9. The van der Waals surface area contributed by atoms with E-state index >= 15 is 0 Å². The van der Waals surface area contributed by atoms with E-state index in [1.54, 1.807) is 4.90 Å². The van der Waals surface area contributed by atoms with Gasteiger partial charge in [0.25, 0.3) is 0 Å². The smallest absolute Gasteiger partial charge is 0.412 e. The van der Waals surface area contributed by atoms with E-state index in [1.165, 1.54) is 0 Å². The molecule has 2 amide bonds. The Bertz CT molecular complexity index is 672. The van der Waals surface area contributed by atoms with E-state index in [4.69, 9.17) is 9.47 Å². The van der Waals surface area contributed by atoms with Crippen molar-refractivity contribution in [3.63, 3.8) is 0 Å². The third-order valence-electron chi connectivity index (χ3n) is 3.82. The molecule has 1 aromatic carbocycles. The standard InChI is InChI=1S/C21H34N2O4/c1-10-23(19(25)27-21(7,8)9)15(3)16-12-11-14(2)17(13-16)22-18(24)26-20(4,5)6/h11-13,15H,10H2,1-9H3,(H,22,24)/t15-/m0/s1. The van der Waals surface area contributed by atoms with Crippen molar-refractivity contribution in [1.29, 1.82) is 0 Å². The Labute approximate surface area is 163 Å². The highest BCUT2D eigenvalue weighted by Gasteiger charge is 2.26. The van der Waals surface area contributed by atoms with E-state index in [1.807, 2.05) is 80.5 Å². The number of anilines is 1. The number of rotatable bonds is 4. The molecular formula is C21H34N2O4. The monoisotopic (exact) mass is 378 g/mol. The number of hydrogen-bond acceptors (Lipinski definition) is 4. The number of carbonyl (C=O) groups is 2. The van der Waals surface area contributed by atoms with Crippen molar-refractivity contribution in [2.75, 3.05) is 11.9 Å². The fourth-order valence-corrected chi connectivity index (χ4v) is 2.51. The zero-order valence-corrected chi connectivity index (χ0v) is 18.1. The number of ether oxygens (including phenoxy) is 2. The van der Waals surface area contributed by atoms with Crippen LogP contribution in [0.2, 0.25) is 0 Å². The highest BCUT2D eigenvalue weighted by Crippen LogP contribution is 2.27. The van der Waals surface area contributed by atoms with Gasteiger partial charge in [-0.2, -0.15) is 0 Å². The largest absolute Gasteiger partial charge is 0.444 e. The first-order valence-corrected chi connectivity index (χ1v) is 9.33. The Kier molecular flexibility index (Phi) is 7.29. The van der Waals surface area contributed by atoms with Gasteiger partial charge in [0, 0.05) is 12.2 Å². The van der Waals surface area contributed by atoms with Crippen LogP contribution in [0.5, 0.6) is 0 Å². The van der Waals surface area contributed by atoms with Crippen LogP contribution in [0.4, 0.5) is 15.3 Å². The summed E-state index contributed by atoms with van der Waals surface area (Å²) < 4.78 is 10.8. The summed E-state index contributed by atoms with van der Waals surface area (Å²) in [6.07, 6.45) is -0.866. The lowest BCUT2D eigenvalue weighted by molar-refractivity contribution is 0.0186. The Balaban J connectivity index is 3.02. The van der Waals surface area contributed by atoms with Crippen molar-refractivity contribution in [2.24, 2.45) is 0 Å². The fourth-order valence-electron chi connectivity index (χ4n) is 2.51. The number of nitrogens with one attached hydrogen (secondary N) is 1. The number of nitrogens with zero attached hydrogens (tertiary/aromatic N) is 1. The number of benzene rings is 1. The Morgan fingerprint density at radius 3 is 2.11 bits per heavy atom. The van der Waals surface area contributed by atoms with Gasteiger partial charge in [-0.1, -0.05) is 12.1 Å². The molecule has 0 heterocycles. The molecular weight excluding hydrogens is 344 g/mol. The molecule has 1 atom stereocenters. The number of aryl methyl sites for hydroxylation is 1. The van der Waals surface area contributed by atoms with Gasteiger partial charge in [-0.05, 0) is 79.5 Å². The van der Waals surface area contributed by atoms with E-state index in [9.17, 15) is 9.59 Å². The van der Waals surface area contributed by atoms with Gasteiger partial charge in [0.2, 0.25) is 0 Å². The molecule has 6 heteroatoms. The SMILES string of the molecule is CCN(C(=O)OC(C)(C)C)[C@@H](C)c1ccc(C)c(NC(=O)OC(C)(C)C)c1. The van der Waals surface area contributed by atoms with Gasteiger partial charge < -0.3 is 14.4 Å². The molecule has 0 saturated carbocycles. The summed E-state index contributed by atoms with van der Waals surface area (Å²) in [6, 6.07) is 5.54. The molecule has 152 valence electrons. The zero-order valence-electron chi connectivity index (χ0n) is 18.1. The van der Waals surface area contributed by atoms with Crippen LogP contribution >= 0.6 is 0 Å². The van der Waals surface area contributed by atoms with Crippen LogP contribution in [-0.2, 0) is 9.47 Å². The van der Waals surface area contributed by atoms with Gasteiger partial charge >= 0.3 is 12.2 Å². The molecule has 27 heavy (non-hydrogen) atoms. The zero-order chi connectivity index (χ0) is 21.0. The molecule has 0 aliphatic carbocycles. The van der Waals surface area contributed by atoms with Gasteiger partial charge in [0.05, 0.1) is 6.04 Å². The maximum atomic E-state index is 12.5. The van der Waals surface area contributed by atoms with Gasteiger partial charge in [-0.15, -0.1) is 0 Å². The van der Waals surface area contributed by atoms with Crippen LogP contribution < -0.4 is 5.32 Å². The summed E-state index contributed by atoms with van der Waals surface area (Å²) in [5.74, 6) is 0. The second-order valence-corrected chi connectivity index (χ2v) is 8.64. The predicted octanol–water partition coefficient (Wildman–Crippen LogP) is 5.66. The van der Waals surface area contributed by atoms with Crippen LogP contribution in [0, 0.1) is 6.92 Å². The van der Waals surface area contributed by atoms with E-state index in [-0.39, 0.29) is 12.1 Å². The third-order valence-corrected chi connectivity index (χ3v) is 3.82. The van der Waals surface area contributed by atoms with E-state index in [2.05, 4.69) is 5.32 Å². The highest BCUT2D eigenvalue weighted by atomic mass is 16.6. The molecule has 0 aromatic heterocycles. The quantitative estimate of drug-likeness (QED) is 0.734. The number of hydrogen-bond donors (Lipinski definition) is 1. The van der Waals surface area contributed by atoms with Crippen molar-refractivity contribution in [2.45, 2.75) is 79.6 Å². The van der Waals surface area contributed by atoms with Crippen LogP contribution in [0.3, 0.4) is 0 Å². The summed E-state index contributed by atoms with van der Waals surface area (Å²) in [5, 5.41) is 2.79. The van der Waals surface area contributed by atoms with Crippen LogP contribution in [-0.4, -0.2) is 34.8 Å². The lowest BCUT2D eigenvalue weighted by atomic mass is 10.0. The Hall–Kier alpha value is -2.24. The Morgan fingerprint density at radius 2 is 1.63 bits per heavy atom. The lowest BCUT2D eigenvalue weighted by Crippen LogP contribution is -2.38. The molecule has 0 aliphatic rings. The first-order valence-electron chi connectivity index (χ1n) is 9.33. The van der Waals surface area contributed by atoms with Gasteiger partial charge in [-0.3, -0.25) is 5.32 Å². The summed E-state index contributed by atoms with van der Waals surface area (Å²) in [6.45, 7) is 17.3. The molecule has 0 spiro atoms. The van der Waals surface area contributed by atoms with Crippen molar-refractivity contribution in [3.05, 3.63) is 29.3 Å². The second kappa shape index (κ2) is 8.63. The predicted molar refractivity (Wildman–Crippen MR) is 108 cm³/mol. The van der Waals surface area contributed by atoms with Crippen LogP contribution in [0.25, 0.3) is 0 Å². The lowest BCUT2D eigenvalue weighted by Gasteiger charge is -2.31. The molecule has 0 unspecified atom stereocenters. The topological polar surface area (TPSA) is 67.9 Å². The maximum Gasteiger partial charge on any atom is 0.412 e. The summed E-state index contributed by atoms with van der Waals surface area (Å²) in [7, 11) is 0. The minimum absolute atomic E-state index is 0.204. The summed E-state index contributed by atoms with van der Waals surface area (Å²) in [5.41, 5.74) is 1.35. The Morgan fingerprint density at radius 1 is 1.07 bits per heavy atom. The molecule has 0 radical (unpaired) electrons. The minimum atomic E-state index is -0.571. The van der Waals surface area contributed by atoms with Gasteiger partial charge in [0.15, 0.2) is 0 Å². The molecule has 0 aliphatic heterocycles. The number of amides is 2. The molecule has 1 aromatic rings. The molecule has 0 fully saturated rings. The molecule has 6 nitrogen and oxygen atoms in total. The fraction of sp³-hybridized carbons (Fsp3) is 0.619. The van der Waals surface area contributed by atoms with Gasteiger partial charge in [0.1, 0.15) is 11.2 Å².